The van der Waals surface area contributed by atoms with Crippen LogP contribution < -0.4 is 11.2 Å². The van der Waals surface area contributed by atoms with Crippen molar-refractivity contribution in [3.8, 4) is 5.75 Å². The maximum Gasteiger partial charge on any atom is 0.332 e. The van der Waals surface area contributed by atoms with Crippen molar-refractivity contribution in [2.24, 2.45) is 0 Å². The fourth-order valence-electron chi connectivity index (χ4n) is 2.60. The van der Waals surface area contributed by atoms with Gasteiger partial charge in [-0.25, -0.2) is 14.2 Å². The highest BCUT2D eigenvalue weighted by molar-refractivity contribution is 5.80. The van der Waals surface area contributed by atoms with Gasteiger partial charge in [0.2, 0.25) is 0 Å². The number of rotatable bonds is 5. The van der Waals surface area contributed by atoms with Gasteiger partial charge in [0, 0.05) is 6.54 Å². The molecule has 0 bridgehead atoms. The summed E-state index contributed by atoms with van der Waals surface area (Å²) in [5, 5.41) is 19.0. The van der Waals surface area contributed by atoms with Gasteiger partial charge in [-0.05, 0) is 31.5 Å². The summed E-state index contributed by atoms with van der Waals surface area (Å²) in [4.78, 5) is 36.5. The van der Waals surface area contributed by atoms with Gasteiger partial charge < -0.3 is 10.2 Å². The van der Waals surface area contributed by atoms with Crippen molar-refractivity contribution in [3.05, 3.63) is 39.0 Å². The number of benzene rings is 1. The third-order valence-electron chi connectivity index (χ3n) is 3.63. The number of nitrogens with zero attached hydrogens (tertiary/aromatic N) is 2. The molecule has 1 heterocycles. The maximum absolute atomic E-state index is 12.6. The van der Waals surface area contributed by atoms with Crippen molar-refractivity contribution in [1.82, 2.24) is 9.13 Å². The third-order valence-corrected chi connectivity index (χ3v) is 3.63. The summed E-state index contributed by atoms with van der Waals surface area (Å²) in [5.41, 5.74) is -0.958. The van der Waals surface area contributed by atoms with Gasteiger partial charge in [0.1, 0.15) is 11.8 Å². The van der Waals surface area contributed by atoms with Crippen LogP contribution in [0.5, 0.6) is 5.75 Å². The smallest absolute Gasteiger partial charge is 0.332 e. The molecule has 1 aromatic carbocycles. The zero-order valence-corrected chi connectivity index (χ0v) is 12.4. The first-order chi connectivity index (χ1) is 10.4. The lowest BCUT2D eigenvalue weighted by atomic mass is 10.1. The molecule has 1 atom stereocenters. The highest BCUT2D eigenvalue weighted by atomic mass is 16.4. The van der Waals surface area contributed by atoms with Crippen LogP contribution >= 0.6 is 0 Å². The predicted molar refractivity (Wildman–Crippen MR) is 81.4 cm³/mol. The Morgan fingerprint density at radius 1 is 1.27 bits per heavy atom. The number of carboxylic acids is 1. The number of aromatic hydroxyl groups is 1. The topological polar surface area (TPSA) is 102 Å². The van der Waals surface area contributed by atoms with Gasteiger partial charge in [0.05, 0.1) is 10.9 Å². The standard InChI is InChI=1S/C15H18N2O5/c1-3-5-12(14(20)21)17-13(19)10-8-9(18)6-7-11(10)16(4-2)15(17)22/h6-8,12,18H,3-5H2,1-2H3,(H,20,21). The molecule has 118 valence electrons. The van der Waals surface area contributed by atoms with Crippen LogP contribution in [-0.2, 0) is 11.3 Å². The molecule has 2 rings (SSSR count). The van der Waals surface area contributed by atoms with E-state index in [1.165, 1.54) is 22.8 Å². The van der Waals surface area contributed by atoms with Crippen LogP contribution in [0.4, 0.5) is 0 Å². The van der Waals surface area contributed by atoms with E-state index in [2.05, 4.69) is 0 Å². The minimum atomic E-state index is -1.22. The molecule has 0 aliphatic rings. The fourth-order valence-corrected chi connectivity index (χ4v) is 2.60. The number of hydrogen-bond acceptors (Lipinski definition) is 4. The Kier molecular flexibility index (Phi) is 4.35. The highest BCUT2D eigenvalue weighted by Gasteiger charge is 2.25. The summed E-state index contributed by atoms with van der Waals surface area (Å²) < 4.78 is 2.11. The molecule has 22 heavy (non-hydrogen) atoms. The molecule has 7 heteroatoms. The molecule has 0 aliphatic carbocycles. The van der Waals surface area contributed by atoms with E-state index in [1.807, 2.05) is 0 Å². The number of fused-ring (bicyclic) bond motifs is 1. The number of aryl methyl sites for hydroxylation is 1. The Morgan fingerprint density at radius 2 is 1.95 bits per heavy atom. The van der Waals surface area contributed by atoms with Crippen molar-refractivity contribution in [2.75, 3.05) is 0 Å². The van der Waals surface area contributed by atoms with E-state index >= 15 is 0 Å². The Balaban J connectivity index is 2.93. The molecular weight excluding hydrogens is 288 g/mol. The van der Waals surface area contributed by atoms with E-state index in [0.717, 1.165) is 4.57 Å². The van der Waals surface area contributed by atoms with Crippen LogP contribution in [0.2, 0.25) is 0 Å². The zero-order chi connectivity index (χ0) is 16.4. The molecule has 0 radical (unpaired) electrons. The molecule has 0 spiro atoms. The Morgan fingerprint density at radius 3 is 2.50 bits per heavy atom. The fraction of sp³-hybridized carbons (Fsp3) is 0.400. The first-order valence-electron chi connectivity index (χ1n) is 7.13. The number of phenolic OH excluding ortho intramolecular Hbond substituents is 1. The molecule has 7 nitrogen and oxygen atoms in total. The van der Waals surface area contributed by atoms with Crippen LogP contribution in [-0.4, -0.2) is 25.3 Å². The summed E-state index contributed by atoms with van der Waals surface area (Å²) in [6.45, 7) is 3.81. The van der Waals surface area contributed by atoms with Crippen molar-refractivity contribution in [1.29, 1.82) is 0 Å². The number of aromatic nitrogens is 2. The van der Waals surface area contributed by atoms with Crippen molar-refractivity contribution >= 4 is 16.9 Å². The van der Waals surface area contributed by atoms with Gasteiger partial charge in [-0.3, -0.25) is 9.36 Å². The molecule has 1 unspecified atom stereocenters. The van der Waals surface area contributed by atoms with Crippen LogP contribution in [0.15, 0.2) is 27.8 Å². The van der Waals surface area contributed by atoms with E-state index in [4.69, 9.17) is 0 Å². The van der Waals surface area contributed by atoms with E-state index in [9.17, 15) is 24.6 Å². The van der Waals surface area contributed by atoms with Crippen molar-refractivity contribution in [2.45, 2.75) is 39.3 Å². The Labute approximate surface area is 126 Å². The first-order valence-corrected chi connectivity index (χ1v) is 7.13. The SMILES string of the molecule is CCCC(C(=O)O)n1c(=O)c2cc(O)ccc2n(CC)c1=O. The number of hydrogen-bond donors (Lipinski definition) is 2. The van der Waals surface area contributed by atoms with E-state index < -0.39 is 23.3 Å². The van der Waals surface area contributed by atoms with E-state index in [-0.39, 0.29) is 17.6 Å². The monoisotopic (exact) mass is 306 g/mol. The second-order valence-corrected chi connectivity index (χ2v) is 5.05. The average Bonchev–Trinajstić information content (AvgIpc) is 2.47. The minimum Gasteiger partial charge on any atom is -0.508 e. The van der Waals surface area contributed by atoms with Gasteiger partial charge >= 0.3 is 11.7 Å². The van der Waals surface area contributed by atoms with Gasteiger partial charge in [0.15, 0.2) is 0 Å². The second-order valence-electron chi connectivity index (χ2n) is 5.05. The van der Waals surface area contributed by atoms with Crippen LogP contribution in [0.1, 0.15) is 32.7 Å². The molecule has 0 saturated heterocycles. The lowest BCUT2D eigenvalue weighted by Crippen LogP contribution is -2.44. The molecular formula is C15H18N2O5. The molecule has 2 N–H and O–H groups in total. The molecule has 0 fully saturated rings. The zero-order valence-electron chi connectivity index (χ0n) is 12.4. The lowest BCUT2D eigenvalue weighted by Gasteiger charge is -2.17. The molecule has 0 saturated carbocycles. The van der Waals surface area contributed by atoms with Crippen LogP contribution in [0, 0.1) is 0 Å². The van der Waals surface area contributed by atoms with E-state index in [0.29, 0.717) is 18.5 Å². The normalized spacial score (nSPS) is 12.5. The van der Waals surface area contributed by atoms with E-state index in [1.54, 1.807) is 13.8 Å². The number of carboxylic acid groups (broad SMARTS) is 1. The molecule has 0 aliphatic heterocycles. The number of phenols is 1. The predicted octanol–water partition coefficient (Wildman–Crippen LogP) is 1.31. The Bertz CT molecular complexity index is 834. The van der Waals surface area contributed by atoms with Gasteiger partial charge in [-0.1, -0.05) is 13.3 Å². The summed E-state index contributed by atoms with van der Waals surface area (Å²) in [7, 11) is 0. The third kappa shape index (κ3) is 2.49. The summed E-state index contributed by atoms with van der Waals surface area (Å²) >= 11 is 0. The molecule has 2 aromatic rings. The largest absolute Gasteiger partial charge is 0.508 e. The number of carbonyl (C=O) groups is 1. The summed E-state index contributed by atoms with van der Waals surface area (Å²) in [5.74, 6) is -1.33. The van der Waals surface area contributed by atoms with Crippen LogP contribution in [0.25, 0.3) is 10.9 Å². The maximum atomic E-state index is 12.6. The Hall–Kier alpha value is -2.57. The van der Waals surface area contributed by atoms with Crippen molar-refractivity contribution < 1.29 is 15.0 Å². The minimum absolute atomic E-state index is 0.111. The van der Waals surface area contributed by atoms with Crippen LogP contribution in [0.3, 0.4) is 0 Å². The van der Waals surface area contributed by atoms with Gasteiger partial charge in [-0.2, -0.15) is 0 Å². The second kappa shape index (κ2) is 6.05. The summed E-state index contributed by atoms with van der Waals surface area (Å²) in [6, 6.07) is 2.91. The lowest BCUT2D eigenvalue weighted by molar-refractivity contribution is -0.141. The molecule has 0 amide bonds. The summed E-state index contributed by atoms with van der Waals surface area (Å²) in [6.07, 6.45) is 0.700. The first kappa shape index (κ1) is 15.8. The number of aliphatic carboxylic acids is 1. The quantitative estimate of drug-likeness (QED) is 0.867. The highest BCUT2D eigenvalue weighted by Crippen LogP contribution is 2.17. The van der Waals surface area contributed by atoms with Gasteiger partial charge in [0.25, 0.3) is 5.56 Å². The molecule has 1 aromatic heterocycles. The van der Waals surface area contributed by atoms with Crippen molar-refractivity contribution in [3.63, 3.8) is 0 Å². The average molecular weight is 306 g/mol. The van der Waals surface area contributed by atoms with Gasteiger partial charge in [-0.15, -0.1) is 0 Å².